The summed E-state index contributed by atoms with van der Waals surface area (Å²) in [6.45, 7) is 0. The van der Waals surface area contributed by atoms with E-state index < -0.39 is 0 Å². The molecule has 4 nitrogen and oxygen atoms in total. The molecule has 0 amide bonds. The zero-order chi connectivity index (χ0) is 8.85. The highest BCUT2D eigenvalue weighted by Crippen LogP contribution is 1.75. The molecule has 0 aliphatic rings. The molecule has 0 spiro atoms. The van der Waals surface area contributed by atoms with E-state index in [1.165, 1.54) is 0 Å². The van der Waals surface area contributed by atoms with Gasteiger partial charge in [0.2, 0.25) is 0 Å². The zero-order valence-electron chi connectivity index (χ0n) is 7.94. The number of hydrogen-bond acceptors (Lipinski definition) is 1. The Kier molecular flexibility index (Phi) is 4.26. The maximum absolute atomic E-state index is 4.10. The molecule has 0 heterocycles. The van der Waals surface area contributed by atoms with Crippen LogP contribution < -0.4 is 0 Å². The Morgan fingerprint density at radius 2 is 1.73 bits per heavy atom. The molecule has 0 saturated heterocycles. The van der Waals surface area contributed by atoms with Crippen molar-refractivity contribution in [3.63, 3.8) is 0 Å². The predicted octanol–water partition coefficient (Wildman–Crippen LogP) is -0.277. The maximum Gasteiger partial charge on any atom is 0.258 e. The Balaban J connectivity index is 3.87. The van der Waals surface area contributed by atoms with Crippen molar-refractivity contribution in [2.75, 3.05) is 35.2 Å². The van der Waals surface area contributed by atoms with Gasteiger partial charge in [0.15, 0.2) is 0 Å². The number of hydrogen-bond donors (Lipinski definition) is 0. The minimum atomic E-state index is 1.75. The van der Waals surface area contributed by atoms with Gasteiger partial charge in [0.1, 0.15) is 13.4 Å². The number of nitrogens with zero attached hydrogens (tertiary/aromatic N) is 4. The summed E-state index contributed by atoms with van der Waals surface area (Å²) in [5.41, 5.74) is 0. The second-order valence-corrected chi connectivity index (χ2v) is 2.85. The first-order valence-corrected chi connectivity index (χ1v) is 3.47. The van der Waals surface area contributed by atoms with Gasteiger partial charge >= 0.3 is 0 Å². The van der Waals surface area contributed by atoms with Crippen molar-refractivity contribution in [1.29, 1.82) is 0 Å². The highest BCUT2D eigenvalue weighted by molar-refractivity contribution is 5.57. The zero-order valence-corrected chi connectivity index (χ0v) is 7.94. The minimum Gasteiger partial charge on any atom is -0.366 e. The monoisotopic (exact) mass is 157 g/mol. The first-order chi connectivity index (χ1) is 5.02. The molecule has 4 heteroatoms. The van der Waals surface area contributed by atoms with Gasteiger partial charge in [-0.1, -0.05) is 5.10 Å². The molecule has 0 aromatic carbocycles. The third-order valence-corrected chi connectivity index (χ3v) is 0.863. The summed E-state index contributed by atoms with van der Waals surface area (Å²) in [5.74, 6) is 0. The summed E-state index contributed by atoms with van der Waals surface area (Å²) < 4.78 is 1.94. The molecule has 0 aromatic heterocycles. The van der Waals surface area contributed by atoms with E-state index in [0.717, 1.165) is 0 Å². The Labute approximate surface area is 68.4 Å². The minimum absolute atomic E-state index is 1.75. The Morgan fingerprint density at radius 3 is 2.09 bits per heavy atom. The van der Waals surface area contributed by atoms with E-state index in [1.807, 2.05) is 51.1 Å². The smallest absolute Gasteiger partial charge is 0.258 e. The average Bonchev–Trinajstić information content (AvgIpc) is 1.82. The lowest BCUT2D eigenvalue weighted by Crippen LogP contribution is -2.18. The molecule has 0 atom stereocenters. The van der Waals surface area contributed by atoms with E-state index in [1.54, 1.807) is 11.3 Å². The Hall–Kier alpha value is -1.06. The summed E-state index contributed by atoms with van der Waals surface area (Å²) in [7, 11) is 9.68. The maximum atomic E-state index is 4.10. The topological polar surface area (TPSA) is 21.9 Å². The SMILES string of the molecule is CN(C)C=NN(C)C=[N+](C)C. The van der Waals surface area contributed by atoms with Crippen molar-refractivity contribution in [2.24, 2.45) is 5.10 Å². The van der Waals surface area contributed by atoms with Crippen molar-refractivity contribution < 1.29 is 4.58 Å². The van der Waals surface area contributed by atoms with Crippen molar-refractivity contribution in [3.8, 4) is 0 Å². The second-order valence-electron chi connectivity index (χ2n) is 2.85. The van der Waals surface area contributed by atoms with Gasteiger partial charge in [-0.25, -0.2) is 0 Å². The van der Waals surface area contributed by atoms with E-state index in [0.29, 0.717) is 0 Å². The van der Waals surface area contributed by atoms with Crippen LogP contribution in [0.15, 0.2) is 5.10 Å². The van der Waals surface area contributed by atoms with Crippen LogP contribution in [0, 0.1) is 0 Å². The van der Waals surface area contributed by atoms with Crippen molar-refractivity contribution in [1.82, 2.24) is 9.91 Å². The van der Waals surface area contributed by atoms with Crippen molar-refractivity contribution in [2.45, 2.75) is 0 Å². The molecule has 0 rings (SSSR count). The van der Waals surface area contributed by atoms with E-state index in [-0.39, 0.29) is 0 Å². The molecule has 0 aliphatic carbocycles. The van der Waals surface area contributed by atoms with Gasteiger partial charge < -0.3 is 4.90 Å². The first kappa shape index (κ1) is 9.94. The van der Waals surface area contributed by atoms with E-state index in [9.17, 15) is 0 Å². The molecular weight excluding hydrogens is 140 g/mol. The molecule has 0 radical (unpaired) electrons. The van der Waals surface area contributed by atoms with Crippen LogP contribution in [-0.4, -0.2) is 62.4 Å². The largest absolute Gasteiger partial charge is 0.366 e. The van der Waals surface area contributed by atoms with Crippen LogP contribution in [0.25, 0.3) is 0 Å². The molecule has 11 heavy (non-hydrogen) atoms. The average molecular weight is 157 g/mol. The van der Waals surface area contributed by atoms with Crippen molar-refractivity contribution >= 4 is 12.7 Å². The van der Waals surface area contributed by atoms with Gasteiger partial charge in [0.05, 0.1) is 14.1 Å². The van der Waals surface area contributed by atoms with Crippen LogP contribution in [0.5, 0.6) is 0 Å². The summed E-state index contributed by atoms with van der Waals surface area (Å²) in [6.07, 6.45) is 3.64. The van der Waals surface area contributed by atoms with Gasteiger partial charge in [-0.2, -0.15) is 0 Å². The standard InChI is InChI=1S/C7H17N4/c1-9(2)6-8-11(5)7-10(3)4/h6-7H,1-5H3/q+1. The third kappa shape index (κ3) is 6.83. The normalized spacial score (nSPS) is 9.91. The Bertz CT molecular complexity index is 156. The molecule has 0 aliphatic heterocycles. The van der Waals surface area contributed by atoms with Crippen LogP contribution in [0.3, 0.4) is 0 Å². The predicted molar refractivity (Wildman–Crippen MR) is 48.1 cm³/mol. The van der Waals surface area contributed by atoms with E-state index in [4.69, 9.17) is 0 Å². The van der Waals surface area contributed by atoms with Crippen LogP contribution in [0.4, 0.5) is 0 Å². The van der Waals surface area contributed by atoms with Gasteiger partial charge in [-0.15, -0.1) is 5.01 Å². The van der Waals surface area contributed by atoms with Crippen LogP contribution in [0.1, 0.15) is 0 Å². The van der Waals surface area contributed by atoms with Gasteiger partial charge in [-0.3, -0.25) is 4.58 Å². The van der Waals surface area contributed by atoms with Gasteiger partial charge in [0.25, 0.3) is 6.34 Å². The fourth-order valence-electron chi connectivity index (χ4n) is 0.549. The summed E-state index contributed by atoms with van der Waals surface area (Å²) in [4.78, 5) is 1.89. The fraction of sp³-hybridized carbons (Fsp3) is 0.714. The first-order valence-electron chi connectivity index (χ1n) is 3.47. The van der Waals surface area contributed by atoms with Gasteiger partial charge in [-0.05, 0) is 0 Å². The summed E-state index contributed by atoms with van der Waals surface area (Å²) in [5, 5.41) is 5.85. The fourth-order valence-corrected chi connectivity index (χ4v) is 0.549. The van der Waals surface area contributed by atoms with Crippen LogP contribution >= 0.6 is 0 Å². The van der Waals surface area contributed by atoms with Gasteiger partial charge in [0, 0.05) is 14.1 Å². The lowest BCUT2D eigenvalue weighted by molar-refractivity contribution is -0.464. The molecule has 0 fully saturated rings. The summed E-state index contributed by atoms with van der Waals surface area (Å²) >= 11 is 0. The molecule has 0 unspecified atom stereocenters. The van der Waals surface area contributed by atoms with E-state index in [2.05, 4.69) is 5.10 Å². The number of hydrazone groups is 1. The molecule has 64 valence electrons. The quantitative estimate of drug-likeness (QED) is 0.243. The lowest BCUT2D eigenvalue weighted by Gasteiger charge is -2.03. The highest BCUT2D eigenvalue weighted by atomic mass is 15.5. The molecular formula is C7H17N4+. The Morgan fingerprint density at radius 1 is 1.18 bits per heavy atom. The molecule has 0 bridgehead atoms. The van der Waals surface area contributed by atoms with E-state index >= 15 is 0 Å². The summed E-state index contributed by atoms with van der Waals surface area (Å²) in [6, 6.07) is 0. The third-order valence-electron chi connectivity index (χ3n) is 0.863. The molecule has 0 saturated carbocycles. The highest BCUT2D eigenvalue weighted by Gasteiger charge is 1.92. The van der Waals surface area contributed by atoms with Crippen LogP contribution in [0.2, 0.25) is 0 Å². The second kappa shape index (κ2) is 4.71. The number of rotatable bonds is 3. The van der Waals surface area contributed by atoms with Crippen LogP contribution in [-0.2, 0) is 0 Å². The lowest BCUT2D eigenvalue weighted by atomic mass is 10.9. The van der Waals surface area contributed by atoms with Crippen molar-refractivity contribution in [3.05, 3.63) is 0 Å². The molecule has 0 N–H and O–H groups in total. The molecule has 0 aromatic rings.